The van der Waals surface area contributed by atoms with Gasteiger partial charge in [-0.05, 0) is 0 Å². The molecule has 10 atom stereocenters. The van der Waals surface area contributed by atoms with E-state index in [1.54, 1.807) is 0 Å². The Hall–Kier alpha value is -4.68. The van der Waals surface area contributed by atoms with Gasteiger partial charge in [-0.15, -0.1) is 0 Å². The van der Waals surface area contributed by atoms with Crippen molar-refractivity contribution in [3.8, 4) is 0 Å². The maximum absolute atomic E-state index is 12.1. The highest BCUT2D eigenvalue weighted by Gasteiger charge is 2.49. The van der Waals surface area contributed by atoms with E-state index in [0.29, 0.717) is 11.6 Å². The van der Waals surface area contributed by atoms with Gasteiger partial charge in [0, 0.05) is 13.1 Å². The van der Waals surface area contributed by atoms with Gasteiger partial charge in [-0.1, -0.05) is 0 Å². The molecule has 0 spiro atoms. The van der Waals surface area contributed by atoms with Crippen LogP contribution >= 0.6 is 0 Å². The van der Waals surface area contributed by atoms with Gasteiger partial charge in [-0.25, -0.2) is 39.5 Å². The van der Waals surface area contributed by atoms with E-state index < -0.39 is 73.2 Å². The molecule has 22 heteroatoms. The molecule has 8 N–H and O–H groups in total. The third kappa shape index (κ3) is 5.73. The number of nitrogens with one attached hydrogen (secondary N) is 2. The first-order valence-electron chi connectivity index (χ1n) is 14.4. The molecule has 0 aliphatic carbocycles. The van der Waals surface area contributed by atoms with Crippen LogP contribution in [0.3, 0.4) is 0 Å². The summed E-state index contributed by atoms with van der Waals surface area (Å²) in [4.78, 5) is 49.7. The maximum Gasteiger partial charge on any atom is 0.337 e. The van der Waals surface area contributed by atoms with Gasteiger partial charge in [0.05, 0.1) is 26.9 Å². The predicted molar refractivity (Wildman–Crippen MR) is 156 cm³/mol. The normalized spacial score (nSPS) is 30.7. The van der Waals surface area contributed by atoms with Crippen molar-refractivity contribution in [3.05, 3.63) is 25.3 Å². The Morgan fingerprint density at radius 3 is 1.42 bits per heavy atom. The Morgan fingerprint density at radius 1 is 0.646 bits per heavy atom. The fourth-order valence-electron chi connectivity index (χ4n) is 5.50. The van der Waals surface area contributed by atoms with Crippen LogP contribution in [0.1, 0.15) is 12.5 Å². The summed E-state index contributed by atoms with van der Waals surface area (Å²) in [6, 6.07) is 0. The van der Waals surface area contributed by atoms with Crippen LogP contribution < -0.4 is 10.6 Å². The van der Waals surface area contributed by atoms with Crippen molar-refractivity contribution in [2.75, 3.05) is 37.9 Å². The molecule has 48 heavy (non-hydrogen) atoms. The third-order valence-corrected chi connectivity index (χ3v) is 8.02. The van der Waals surface area contributed by atoms with Crippen LogP contribution in [0.15, 0.2) is 25.3 Å². The Bertz CT molecular complexity index is 1660. The third-order valence-electron chi connectivity index (χ3n) is 8.02. The van der Waals surface area contributed by atoms with E-state index in [4.69, 9.17) is 9.47 Å². The van der Waals surface area contributed by atoms with E-state index in [2.05, 4.69) is 50.0 Å². The maximum atomic E-state index is 12.1. The molecule has 2 aliphatic rings. The van der Waals surface area contributed by atoms with E-state index in [1.165, 1.54) is 34.4 Å². The molecule has 6 rings (SSSR count). The zero-order valence-corrected chi connectivity index (χ0v) is 25.2. The number of aliphatic hydroxyl groups is 6. The molecule has 2 fully saturated rings. The Kier molecular flexibility index (Phi) is 9.30. The van der Waals surface area contributed by atoms with Crippen molar-refractivity contribution < 1.29 is 59.2 Å². The summed E-state index contributed by atoms with van der Waals surface area (Å²) in [5.74, 6) is -1.27. The summed E-state index contributed by atoms with van der Waals surface area (Å²) in [6.45, 7) is 0.525. The highest BCUT2D eigenvalue weighted by Crippen LogP contribution is 2.33. The highest BCUT2D eigenvalue weighted by atomic mass is 16.6. The second-order valence-electron chi connectivity index (χ2n) is 10.8. The summed E-state index contributed by atoms with van der Waals surface area (Å²) in [7, 11) is 2.19. The number of rotatable bonds is 9. The molecule has 0 aromatic carbocycles. The van der Waals surface area contributed by atoms with E-state index in [9.17, 15) is 40.2 Å². The van der Waals surface area contributed by atoms with Gasteiger partial charge in [0.15, 0.2) is 58.6 Å². The van der Waals surface area contributed by atoms with E-state index in [0.717, 1.165) is 14.2 Å². The number of ether oxygens (including phenoxy) is 4. The molecule has 0 unspecified atom stereocenters. The number of anilines is 2. The predicted octanol–water partition coefficient (Wildman–Crippen LogP) is -4.20. The minimum absolute atomic E-state index is 0.193. The van der Waals surface area contributed by atoms with Crippen molar-refractivity contribution in [2.45, 2.75) is 61.3 Å². The highest BCUT2D eigenvalue weighted by molar-refractivity contribution is 5.84. The second kappa shape index (κ2) is 13.4. The topological polar surface area (TPSA) is 304 Å². The fourth-order valence-corrected chi connectivity index (χ4v) is 5.50. The number of aromatic nitrogens is 8. The summed E-state index contributed by atoms with van der Waals surface area (Å²) < 4.78 is 23.1. The van der Waals surface area contributed by atoms with Gasteiger partial charge in [0.1, 0.15) is 49.3 Å². The standard InChI is InChI=1S/C26H32N10O12/c1-45-25(43)17-13(39)11(37)15(41)23(47-17)35-7-33-9-19(29-5-31-21(9)35)27-3-4-28-20-10-22(32-6-30-20)36(8-34-10)24-16(42)12(38)14(40)18(48-24)26(44)46-2/h5-8,11-18,23-24,37-42H,3-4H2,1-2H3,(H,27,29,31)(H,28,30,32)/t11-,12-,13-,14-,15+,16+,17-,18-,23+,24+/m0/s1. The molecular weight excluding hydrogens is 644 g/mol. The Morgan fingerprint density at radius 2 is 1.04 bits per heavy atom. The number of methoxy groups -OCH3 is 2. The largest absolute Gasteiger partial charge is 0.467 e. The second-order valence-corrected chi connectivity index (χ2v) is 10.8. The van der Waals surface area contributed by atoms with Crippen LogP contribution in [0.5, 0.6) is 0 Å². The molecule has 258 valence electrons. The number of esters is 2. The van der Waals surface area contributed by atoms with Gasteiger partial charge in [0.2, 0.25) is 0 Å². The lowest BCUT2D eigenvalue weighted by molar-refractivity contribution is -0.247. The van der Waals surface area contributed by atoms with Crippen LogP contribution in [0, 0.1) is 0 Å². The van der Waals surface area contributed by atoms with Gasteiger partial charge < -0.3 is 60.2 Å². The van der Waals surface area contributed by atoms with Gasteiger partial charge in [-0.3, -0.25) is 9.13 Å². The minimum atomic E-state index is -1.73. The molecule has 4 aromatic heterocycles. The number of nitrogens with zero attached hydrogens (tertiary/aromatic N) is 8. The zero-order valence-electron chi connectivity index (χ0n) is 25.2. The molecule has 2 saturated heterocycles. The molecule has 4 aromatic rings. The zero-order chi connectivity index (χ0) is 34.3. The first-order chi connectivity index (χ1) is 23.1. The minimum Gasteiger partial charge on any atom is -0.467 e. The Balaban J connectivity index is 1.15. The smallest absolute Gasteiger partial charge is 0.337 e. The van der Waals surface area contributed by atoms with Gasteiger partial charge in [0.25, 0.3) is 0 Å². The lowest BCUT2D eigenvalue weighted by atomic mass is 9.98. The number of imidazole rings is 2. The average molecular weight is 677 g/mol. The Labute approximate surface area is 268 Å². The van der Waals surface area contributed by atoms with Crippen LogP contribution in [-0.2, 0) is 28.5 Å². The summed E-state index contributed by atoms with van der Waals surface area (Å²) >= 11 is 0. The molecule has 0 radical (unpaired) electrons. The molecular formula is C26H32N10O12. The van der Waals surface area contributed by atoms with Gasteiger partial charge in [-0.2, -0.15) is 0 Å². The van der Waals surface area contributed by atoms with Crippen LogP contribution in [0.4, 0.5) is 11.6 Å². The number of hydrogen-bond donors (Lipinski definition) is 8. The number of carbonyl (C=O) groups excluding carboxylic acids is 2. The lowest BCUT2D eigenvalue weighted by Gasteiger charge is -2.39. The first-order valence-corrected chi connectivity index (χ1v) is 14.4. The monoisotopic (exact) mass is 676 g/mol. The van der Waals surface area contributed by atoms with Crippen LogP contribution in [0.25, 0.3) is 22.3 Å². The van der Waals surface area contributed by atoms with Crippen molar-refractivity contribution >= 4 is 45.9 Å². The molecule has 0 saturated carbocycles. The van der Waals surface area contributed by atoms with Crippen molar-refractivity contribution in [1.29, 1.82) is 0 Å². The van der Waals surface area contributed by atoms with E-state index in [-0.39, 0.29) is 35.4 Å². The van der Waals surface area contributed by atoms with Crippen LogP contribution in [-0.4, -0.2) is 158 Å². The van der Waals surface area contributed by atoms with E-state index >= 15 is 0 Å². The first kappa shape index (κ1) is 33.2. The molecule has 22 nitrogen and oxygen atoms in total. The van der Waals surface area contributed by atoms with Crippen molar-refractivity contribution in [2.24, 2.45) is 0 Å². The lowest BCUT2D eigenvalue weighted by Crippen LogP contribution is -2.58. The summed E-state index contributed by atoms with van der Waals surface area (Å²) in [5.41, 5.74) is 0.934. The SMILES string of the molecule is COC(=O)[C@H]1O[C@@H](n2cnc3c(NCCNc4ncnc5c4ncn5[C@@H]4O[C@H](C(=O)OC)[C@@H](O)[C@H](O)[C@H]4O)ncnc32)[C@H](O)[C@@H](O)[C@@H]1O. The number of fused-ring (bicyclic) bond motifs is 2. The van der Waals surface area contributed by atoms with Gasteiger partial charge >= 0.3 is 11.9 Å². The van der Waals surface area contributed by atoms with Crippen LogP contribution in [0.2, 0.25) is 0 Å². The molecule has 2 aliphatic heterocycles. The summed E-state index contributed by atoms with van der Waals surface area (Å²) in [6.07, 6.45) is -11.0. The quantitative estimate of drug-likeness (QED) is 0.0615. The van der Waals surface area contributed by atoms with Crippen molar-refractivity contribution in [3.63, 3.8) is 0 Å². The fraction of sp³-hybridized carbons (Fsp3) is 0.538. The molecule has 6 heterocycles. The summed E-state index contributed by atoms with van der Waals surface area (Å²) in [5, 5.41) is 68.6. The molecule has 0 amide bonds. The number of aliphatic hydroxyl groups excluding tert-OH is 6. The average Bonchev–Trinajstić information content (AvgIpc) is 3.73. The number of carbonyl (C=O) groups is 2. The number of hydrogen-bond acceptors (Lipinski definition) is 20. The van der Waals surface area contributed by atoms with E-state index in [1.807, 2.05) is 0 Å². The molecule has 0 bridgehead atoms. The van der Waals surface area contributed by atoms with Crippen molar-refractivity contribution in [1.82, 2.24) is 39.0 Å².